The fourth-order valence-corrected chi connectivity index (χ4v) is 4.18. The van der Waals surface area contributed by atoms with Gasteiger partial charge in [-0.1, -0.05) is 19.3 Å². The van der Waals surface area contributed by atoms with Gasteiger partial charge in [0.15, 0.2) is 0 Å². The fraction of sp³-hybridized carbons (Fsp3) is 0.583. The van der Waals surface area contributed by atoms with Crippen molar-refractivity contribution in [2.45, 2.75) is 77.2 Å². The smallest absolute Gasteiger partial charge is 0.306 e. The van der Waals surface area contributed by atoms with E-state index in [1.165, 1.54) is 18.2 Å². The number of fused-ring (bicyclic) bond motifs is 1. The van der Waals surface area contributed by atoms with Crippen molar-refractivity contribution in [1.29, 1.82) is 0 Å². The van der Waals surface area contributed by atoms with E-state index >= 15 is 0 Å². The molecule has 0 unspecified atom stereocenters. The molecule has 7 nitrogen and oxygen atoms in total. The molecule has 3 N–H and O–H groups in total. The number of nitrogens with zero attached hydrogens (tertiary/aromatic N) is 3. The Morgan fingerprint density at radius 1 is 1.23 bits per heavy atom. The molecule has 0 saturated heterocycles. The van der Waals surface area contributed by atoms with Crippen molar-refractivity contribution in [3.8, 4) is 0 Å². The molecule has 3 heterocycles. The van der Waals surface area contributed by atoms with Crippen molar-refractivity contribution in [3.63, 3.8) is 0 Å². The van der Waals surface area contributed by atoms with Crippen LogP contribution in [0.4, 0.5) is 5.82 Å². The Morgan fingerprint density at radius 3 is 2.74 bits per heavy atom. The van der Waals surface area contributed by atoms with Crippen LogP contribution in [-0.4, -0.2) is 34.6 Å². The average Bonchev–Trinajstić information content (AvgIpc) is 2.80. The maximum Gasteiger partial charge on any atom is 0.306 e. The normalized spacial score (nSPS) is 13.9. The van der Waals surface area contributed by atoms with Crippen molar-refractivity contribution < 1.29 is 9.53 Å². The Kier molecular flexibility index (Phi) is 8.76. The van der Waals surface area contributed by atoms with Crippen molar-refractivity contribution >= 4 is 11.8 Å². The average molecular weight is 426 g/mol. The van der Waals surface area contributed by atoms with Crippen LogP contribution in [0.3, 0.4) is 0 Å². The van der Waals surface area contributed by atoms with Crippen molar-refractivity contribution in [2.24, 2.45) is 5.73 Å². The summed E-state index contributed by atoms with van der Waals surface area (Å²) in [7, 11) is 1.44. The Hall–Kier alpha value is -2.54. The highest BCUT2D eigenvalue weighted by Gasteiger charge is 2.17. The van der Waals surface area contributed by atoms with E-state index < -0.39 is 0 Å². The summed E-state index contributed by atoms with van der Waals surface area (Å²) in [5, 5.41) is 3.42. The summed E-state index contributed by atoms with van der Waals surface area (Å²) in [4.78, 5) is 25.3. The first-order chi connectivity index (χ1) is 15.1. The number of hydrogen-bond donors (Lipinski definition) is 2. The highest BCUT2D eigenvalue weighted by Crippen LogP contribution is 2.27. The van der Waals surface area contributed by atoms with Gasteiger partial charge in [-0.15, -0.1) is 0 Å². The van der Waals surface area contributed by atoms with Gasteiger partial charge in [0.05, 0.1) is 13.5 Å². The van der Waals surface area contributed by atoms with Crippen LogP contribution in [0.25, 0.3) is 0 Å². The molecule has 3 rings (SSSR count). The maximum atomic E-state index is 11.8. The van der Waals surface area contributed by atoms with Gasteiger partial charge < -0.3 is 15.8 Å². The summed E-state index contributed by atoms with van der Waals surface area (Å²) in [6.45, 7) is 3.41. The van der Waals surface area contributed by atoms with Gasteiger partial charge in [0.1, 0.15) is 11.6 Å². The Morgan fingerprint density at radius 2 is 2.00 bits per heavy atom. The number of esters is 1. The van der Waals surface area contributed by atoms with Gasteiger partial charge in [-0.05, 0) is 67.7 Å². The zero-order valence-corrected chi connectivity index (χ0v) is 18.8. The molecule has 1 aliphatic rings. The number of unbranched alkanes of at least 4 members (excludes halogenated alkanes) is 3. The van der Waals surface area contributed by atoms with E-state index in [0.29, 0.717) is 13.0 Å². The zero-order chi connectivity index (χ0) is 22.1. The van der Waals surface area contributed by atoms with Crippen LogP contribution in [0.2, 0.25) is 0 Å². The lowest BCUT2D eigenvalue weighted by Crippen LogP contribution is -2.16. The lowest BCUT2D eigenvalue weighted by atomic mass is 9.91. The second-order valence-corrected chi connectivity index (χ2v) is 8.33. The predicted octanol–water partition coefficient (Wildman–Crippen LogP) is 3.84. The molecule has 0 fully saturated rings. The first-order valence-corrected chi connectivity index (χ1v) is 11.4. The Bertz CT molecular complexity index is 854. The third kappa shape index (κ3) is 6.72. The van der Waals surface area contributed by atoms with E-state index in [0.717, 1.165) is 80.8 Å². The molecule has 0 amide bonds. The SMILES string of the molecule is COC(=O)C[C@H](CCCCCCc1nc2c(cc1CN)CCCN2)c1cnc(C)nc1. The number of hydrogen-bond acceptors (Lipinski definition) is 7. The van der Waals surface area contributed by atoms with E-state index in [4.69, 9.17) is 15.5 Å². The fourth-order valence-electron chi connectivity index (χ4n) is 4.18. The second kappa shape index (κ2) is 11.7. The first kappa shape index (κ1) is 23.1. The highest BCUT2D eigenvalue weighted by atomic mass is 16.5. The molecule has 31 heavy (non-hydrogen) atoms. The van der Waals surface area contributed by atoms with E-state index in [9.17, 15) is 4.79 Å². The third-order valence-electron chi connectivity index (χ3n) is 6.03. The predicted molar refractivity (Wildman–Crippen MR) is 122 cm³/mol. The van der Waals surface area contributed by atoms with Gasteiger partial charge in [0, 0.05) is 31.2 Å². The molecule has 0 radical (unpaired) electrons. The molecule has 0 aliphatic carbocycles. The van der Waals surface area contributed by atoms with Gasteiger partial charge in [0.2, 0.25) is 0 Å². The minimum absolute atomic E-state index is 0.102. The van der Waals surface area contributed by atoms with Gasteiger partial charge in [-0.3, -0.25) is 4.79 Å². The Labute approximate surface area is 185 Å². The number of pyridine rings is 1. The molecule has 0 bridgehead atoms. The zero-order valence-electron chi connectivity index (χ0n) is 18.8. The number of carbonyl (C=O) groups excluding carboxylic acids is 1. The maximum absolute atomic E-state index is 11.8. The third-order valence-corrected chi connectivity index (χ3v) is 6.03. The summed E-state index contributed by atoms with van der Waals surface area (Å²) in [5.41, 5.74) is 10.6. The topological polar surface area (TPSA) is 103 Å². The number of ether oxygens (including phenoxy) is 1. The van der Waals surface area contributed by atoms with Crippen LogP contribution in [0.5, 0.6) is 0 Å². The van der Waals surface area contributed by atoms with Crippen LogP contribution < -0.4 is 11.1 Å². The molecule has 2 aromatic rings. The quantitative estimate of drug-likeness (QED) is 0.416. The molecular weight excluding hydrogens is 390 g/mol. The van der Waals surface area contributed by atoms with Crippen LogP contribution in [0.1, 0.15) is 79.1 Å². The van der Waals surface area contributed by atoms with Crippen molar-refractivity contribution in [1.82, 2.24) is 15.0 Å². The highest BCUT2D eigenvalue weighted by molar-refractivity contribution is 5.70. The summed E-state index contributed by atoms with van der Waals surface area (Å²) >= 11 is 0. The summed E-state index contributed by atoms with van der Waals surface area (Å²) in [6.07, 6.45) is 12.6. The number of aromatic nitrogens is 3. The molecule has 1 atom stereocenters. The van der Waals surface area contributed by atoms with Gasteiger partial charge >= 0.3 is 5.97 Å². The standard InChI is InChI=1S/C24H35N5O2/c1-17-27-15-21(16-28-17)18(13-23(30)31-2)8-5-3-4-6-10-22-20(14-25)12-19-9-7-11-26-24(19)29-22/h12,15-16,18H,3-11,13-14,25H2,1-2H3,(H,26,29)/t18-/m0/s1. The molecule has 0 aromatic carbocycles. The number of nitrogens with two attached hydrogens (primary N) is 1. The van der Waals surface area contributed by atoms with Gasteiger partial charge in [0.25, 0.3) is 0 Å². The van der Waals surface area contributed by atoms with Crippen LogP contribution in [0, 0.1) is 6.92 Å². The molecule has 0 saturated carbocycles. The minimum Gasteiger partial charge on any atom is -0.469 e. The lowest BCUT2D eigenvalue weighted by Gasteiger charge is -2.20. The summed E-state index contributed by atoms with van der Waals surface area (Å²) < 4.78 is 4.88. The number of anilines is 1. The van der Waals surface area contributed by atoms with Gasteiger partial charge in [-0.2, -0.15) is 0 Å². The van der Waals surface area contributed by atoms with E-state index in [1.54, 1.807) is 0 Å². The molecule has 0 spiro atoms. The molecular formula is C24H35N5O2. The molecule has 7 heteroatoms. The van der Waals surface area contributed by atoms with Crippen LogP contribution in [0.15, 0.2) is 18.5 Å². The number of carbonyl (C=O) groups is 1. The van der Waals surface area contributed by atoms with Crippen LogP contribution >= 0.6 is 0 Å². The minimum atomic E-state index is -0.188. The van der Waals surface area contributed by atoms with Gasteiger partial charge in [-0.25, -0.2) is 15.0 Å². The number of nitrogens with one attached hydrogen (secondary N) is 1. The molecule has 2 aromatic heterocycles. The summed E-state index contributed by atoms with van der Waals surface area (Å²) in [6, 6.07) is 2.24. The largest absolute Gasteiger partial charge is 0.469 e. The number of aryl methyl sites for hydroxylation is 3. The van der Waals surface area contributed by atoms with E-state index in [-0.39, 0.29) is 11.9 Å². The lowest BCUT2D eigenvalue weighted by molar-refractivity contribution is -0.141. The molecule has 1 aliphatic heterocycles. The Balaban J connectivity index is 1.47. The summed E-state index contributed by atoms with van der Waals surface area (Å²) in [5.74, 6) is 1.70. The van der Waals surface area contributed by atoms with E-state index in [1.807, 2.05) is 19.3 Å². The number of rotatable bonds is 11. The second-order valence-electron chi connectivity index (χ2n) is 8.33. The van der Waals surface area contributed by atoms with E-state index in [2.05, 4.69) is 21.4 Å². The monoisotopic (exact) mass is 425 g/mol. The van der Waals surface area contributed by atoms with Crippen molar-refractivity contribution in [2.75, 3.05) is 19.0 Å². The number of methoxy groups -OCH3 is 1. The molecule has 168 valence electrons. The van der Waals surface area contributed by atoms with Crippen LogP contribution in [-0.2, 0) is 28.9 Å². The van der Waals surface area contributed by atoms with Crippen molar-refractivity contribution in [3.05, 3.63) is 46.7 Å². The first-order valence-electron chi connectivity index (χ1n) is 11.4.